The highest BCUT2D eigenvalue weighted by molar-refractivity contribution is 7.92. The predicted molar refractivity (Wildman–Crippen MR) is 176 cm³/mol. The monoisotopic (exact) mass is 651 g/mol. The van der Waals surface area contributed by atoms with E-state index in [-0.39, 0.29) is 29.5 Å². The molecule has 0 unspecified atom stereocenters. The van der Waals surface area contributed by atoms with E-state index in [1.165, 1.54) is 35.2 Å². The van der Waals surface area contributed by atoms with Gasteiger partial charge in [-0.15, -0.1) is 0 Å². The molecule has 1 atom stereocenters. The van der Waals surface area contributed by atoms with Crippen molar-refractivity contribution in [3.05, 3.63) is 130 Å². The number of halogens is 2. The predicted octanol–water partition coefficient (Wildman–Crippen LogP) is 6.66. The molecule has 4 aromatic rings. The second-order valence-corrected chi connectivity index (χ2v) is 13.2. The van der Waals surface area contributed by atoms with Crippen LogP contribution in [0.15, 0.2) is 108 Å². The first-order valence-electron chi connectivity index (χ1n) is 14.3. The molecule has 0 fully saturated rings. The molecule has 0 saturated carbocycles. The maximum absolute atomic E-state index is 14.4. The highest BCUT2D eigenvalue weighted by Crippen LogP contribution is 2.28. The molecule has 0 heterocycles. The van der Waals surface area contributed by atoms with Crippen LogP contribution in [0.5, 0.6) is 0 Å². The Hall–Kier alpha value is -3.85. The third-order valence-corrected chi connectivity index (χ3v) is 9.31. The summed E-state index contributed by atoms with van der Waals surface area (Å²) in [6, 6.07) is 28.2. The molecule has 0 aliphatic heterocycles. The summed E-state index contributed by atoms with van der Waals surface area (Å²) in [4.78, 5) is 29.6. The van der Waals surface area contributed by atoms with E-state index in [2.05, 4.69) is 5.32 Å². The minimum Gasteiger partial charge on any atom is -0.354 e. The van der Waals surface area contributed by atoms with E-state index in [0.29, 0.717) is 16.6 Å². The van der Waals surface area contributed by atoms with Crippen molar-refractivity contribution in [3.8, 4) is 0 Å². The van der Waals surface area contributed by atoms with Gasteiger partial charge in [0.15, 0.2) is 0 Å². The lowest BCUT2D eigenvalue weighted by molar-refractivity contribution is -0.140. The highest BCUT2D eigenvalue weighted by Gasteiger charge is 2.34. The molecule has 0 spiro atoms. The van der Waals surface area contributed by atoms with Crippen LogP contribution in [-0.2, 0) is 32.6 Å². The summed E-state index contributed by atoms with van der Waals surface area (Å²) in [5.41, 5.74) is 2.89. The van der Waals surface area contributed by atoms with Gasteiger partial charge in [0.2, 0.25) is 11.8 Å². The molecule has 0 saturated heterocycles. The Morgan fingerprint density at radius 1 is 0.818 bits per heavy atom. The number of carbonyl (C=O) groups is 2. The largest absolute Gasteiger partial charge is 0.354 e. The number of nitrogens with one attached hydrogen (secondary N) is 1. The van der Waals surface area contributed by atoms with E-state index in [1.807, 2.05) is 68.4 Å². The molecule has 230 valence electrons. The number of hydrogen-bond donors (Lipinski definition) is 1. The van der Waals surface area contributed by atoms with Crippen molar-refractivity contribution in [1.29, 1.82) is 0 Å². The van der Waals surface area contributed by atoms with Gasteiger partial charge in [0.05, 0.1) is 10.6 Å². The fraction of sp³-hybridized carbons (Fsp3) is 0.235. The van der Waals surface area contributed by atoms with Crippen LogP contribution in [0.25, 0.3) is 0 Å². The molecule has 0 aliphatic carbocycles. The normalized spacial score (nSPS) is 11.9. The Bertz CT molecular complexity index is 1680. The second kappa shape index (κ2) is 15.2. The van der Waals surface area contributed by atoms with Crippen LogP contribution in [0.1, 0.15) is 30.0 Å². The van der Waals surface area contributed by atoms with Crippen molar-refractivity contribution < 1.29 is 18.0 Å². The standard InChI is InChI=1S/C34H35Cl2N3O4S/c1-3-19-37-34(41)32(21-26-10-5-4-6-11-26)38(23-27-12-7-9-25(2)20-27)33(40)24-39(30-14-8-13-29(36)22-30)44(42,43)31-17-15-28(35)16-18-31/h4-18,20,22,32H,3,19,21,23-24H2,1-2H3,(H,37,41)/t32-/m1/s1. The van der Waals surface area contributed by atoms with Gasteiger partial charge in [-0.3, -0.25) is 13.9 Å². The summed E-state index contributed by atoms with van der Waals surface area (Å²) >= 11 is 12.3. The zero-order valence-corrected chi connectivity index (χ0v) is 26.9. The molecule has 10 heteroatoms. The van der Waals surface area contributed by atoms with Crippen LogP contribution in [0.2, 0.25) is 10.0 Å². The van der Waals surface area contributed by atoms with E-state index in [9.17, 15) is 18.0 Å². The summed E-state index contributed by atoms with van der Waals surface area (Å²) in [6.07, 6.45) is 0.965. The fourth-order valence-electron chi connectivity index (χ4n) is 4.82. The van der Waals surface area contributed by atoms with Gasteiger partial charge in [-0.1, -0.05) is 96.4 Å². The van der Waals surface area contributed by atoms with Crippen molar-refractivity contribution >= 4 is 50.7 Å². The van der Waals surface area contributed by atoms with Gasteiger partial charge in [-0.2, -0.15) is 0 Å². The Kier molecular flexibility index (Phi) is 11.4. The van der Waals surface area contributed by atoms with E-state index < -0.39 is 28.5 Å². The zero-order chi connectivity index (χ0) is 31.7. The summed E-state index contributed by atoms with van der Waals surface area (Å²) < 4.78 is 29.1. The van der Waals surface area contributed by atoms with Crippen LogP contribution < -0.4 is 9.62 Å². The summed E-state index contributed by atoms with van der Waals surface area (Å²) in [7, 11) is -4.25. The molecule has 44 heavy (non-hydrogen) atoms. The van der Waals surface area contributed by atoms with Gasteiger partial charge in [0.25, 0.3) is 10.0 Å². The Morgan fingerprint density at radius 3 is 2.16 bits per heavy atom. The first kappa shape index (κ1) is 33.1. The third-order valence-electron chi connectivity index (χ3n) is 7.03. The number of rotatable bonds is 13. The maximum Gasteiger partial charge on any atom is 0.264 e. The van der Waals surface area contributed by atoms with Gasteiger partial charge in [-0.05, 0) is 66.9 Å². The summed E-state index contributed by atoms with van der Waals surface area (Å²) in [5.74, 6) is -0.858. The van der Waals surface area contributed by atoms with Crippen molar-refractivity contribution in [2.75, 3.05) is 17.4 Å². The van der Waals surface area contributed by atoms with Gasteiger partial charge in [0.1, 0.15) is 12.6 Å². The van der Waals surface area contributed by atoms with Crippen molar-refractivity contribution in [2.24, 2.45) is 0 Å². The molecule has 0 aromatic heterocycles. The first-order chi connectivity index (χ1) is 21.1. The number of carbonyl (C=O) groups excluding carboxylic acids is 2. The molecule has 1 N–H and O–H groups in total. The Labute approximate surface area is 269 Å². The van der Waals surface area contributed by atoms with E-state index >= 15 is 0 Å². The van der Waals surface area contributed by atoms with Crippen LogP contribution >= 0.6 is 23.2 Å². The Balaban J connectivity index is 1.80. The summed E-state index contributed by atoms with van der Waals surface area (Å²) in [6.45, 7) is 3.87. The lowest BCUT2D eigenvalue weighted by Crippen LogP contribution is -2.53. The minimum atomic E-state index is -4.25. The molecule has 0 aliphatic rings. The molecule has 7 nitrogen and oxygen atoms in total. The van der Waals surface area contributed by atoms with Crippen LogP contribution in [0, 0.1) is 6.92 Å². The molecule has 2 amide bonds. The third kappa shape index (κ3) is 8.62. The Morgan fingerprint density at radius 2 is 1.50 bits per heavy atom. The molecule has 4 aromatic carbocycles. The maximum atomic E-state index is 14.4. The van der Waals surface area contributed by atoms with Crippen LogP contribution in [0.3, 0.4) is 0 Å². The fourth-order valence-corrected chi connectivity index (χ4v) is 6.54. The number of anilines is 1. The first-order valence-corrected chi connectivity index (χ1v) is 16.5. The lowest BCUT2D eigenvalue weighted by atomic mass is 10.0. The van der Waals surface area contributed by atoms with Gasteiger partial charge >= 0.3 is 0 Å². The smallest absolute Gasteiger partial charge is 0.264 e. The zero-order valence-electron chi connectivity index (χ0n) is 24.6. The second-order valence-electron chi connectivity index (χ2n) is 10.5. The average molecular weight is 653 g/mol. The van der Waals surface area contributed by atoms with E-state index in [1.54, 1.807) is 18.2 Å². The van der Waals surface area contributed by atoms with Crippen molar-refractivity contribution in [2.45, 2.75) is 44.2 Å². The molecule has 0 radical (unpaired) electrons. The minimum absolute atomic E-state index is 0.0403. The van der Waals surface area contributed by atoms with Crippen LogP contribution in [-0.4, -0.2) is 44.3 Å². The van der Waals surface area contributed by atoms with Gasteiger partial charge in [-0.25, -0.2) is 8.42 Å². The van der Waals surface area contributed by atoms with Gasteiger partial charge < -0.3 is 10.2 Å². The number of amides is 2. The quantitative estimate of drug-likeness (QED) is 0.175. The molecular weight excluding hydrogens is 617 g/mol. The highest BCUT2D eigenvalue weighted by atomic mass is 35.5. The number of nitrogens with zero attached hydrogens (tertiary/aromatic N) is 2. The topological polar surface area (TPSA) is 86.8 Å². The molecular formula is C34H35Cl2N3O4S. The molecule has 0 bridgehead atoms. The van der Waals surface area contributed by atoms with Crippen molar-refractivity contribution in [3.63, 3.8) is 0 Å². The number of benzene rings is 4. The van der Waals surface area contributed by atoms with E-state index in [0.717, 1.165) is 27.4 Å². The number of aryl methyl sites for hydroxylation is 1. The average Bonchev–Trinajstić information content (AvgIpc) is 3.01. The number of hydrogen-bond acceptors (Lipinski definition) is 4. The van der Waals surface area contributed by atoms with Gasteiger partial charge in [0, 0.05) is 29.6 Å². The lowest BCUT2D eigenvalue weighted by Gasteiger charge is -2.34. The number of sulfonamides is 1. The van der Waals surface area contributed by atoms with E-state index in [4.69, 9.17) is 23.2 Å². The SMILES string of the molecule is CCCNC(=O)[C@@H](Cc1ccccc1)N(Cc1cccc(C)c1)C(=O)CN(c1cccc(Cl)c1)S(=O)(=O)c1ccc(Cl)cc1. The van der Waals surface area contributed by atoms with Crippen molar-refractivity contribution in [1.82, 2.24) is 10.2 Å². The van der Waals surface area contributed by atoms with Crippen LogP contribution in [0.4, 0.5) is 5.69 Å². The molecule has 4 rings (SSSR count). The summed E-state index contributed by atoms with van der Waals surface area (Å²) in [5, 5.41) is 3.63.